The summed E-state index contributed by atoms with van der Waals surface area (Å²) in [6.45, 7) is 1.93. The van der Waals surface area contributed by atoms with E-state index in [1.54, 1.807) is 12.4 Å². The molecule has 1 aromatic rings. The highest BCUT2D eigenvalue weighted by Crippen LogP contribution is 2.20. The summed E-state index contributed by atoms with van der Waals surface area (Å²) in [5, 5.41) is 9.85. The second-order valence-corrected chi connectivity index (χ2v) is 4.89. The predicted molar refractivity (Wildman–Crippen MR) is 56.3 cm³/mol. The first-order valence-electron chi connectivity index (χ1n) is 3.85. The SMILES string of the molecule is CNC(C)c1csc(NS(N)(=O)=O)n1. The van der Waals surface area contributed by atoms with E-state index in [1.165, 1.54) is 11.3 Å². The molecule has 0 aromatic carbocycles. The van der Waals surface area contributed by atoms with Crippen LogP contribution in [0.4, 0.5) is 5.13 Å². The summed E-state index contributed by atoms with van der Waals surface area (Å²) in [4.78, 5) is 4.05. The quantitative estimate of drug-likeness (QED) is 0.687. The highest BCUT2D eigenvalue weighted by atomic mass is 32.2. The molecular weight excluding hydrogens is 224 g/mol. The third-order valence-electron chi connectivity index (χ3n) is 1.63. The average Bonchev–Trinajstić information content (AvgIpc) is 2.48. The number of hydrogen-bond acceptors (Lipinski definition) is 5. The summed E-state index contributed by atoms with van der Waals surface area (Å²) in [6.07, 6.45) is 0. The number of aromatic nitrogens is 1. The van der Waals surface area contributed by atoms with E-state index in [4.69, 9.17) is 5.14 Å². The van der Waals surface area contributed by atoms with Crippen LogP contribution < -0.4 is 15.2 Å². The Morgan fingerprint density at radius 1 is 1.64 bits per heavy atom. The largest absolute Gasteiger partial charge is 0.312 e. The minimum Gasteiger partial charge on any atom is -0.312 e. The molecule has 0 aliphatic carbocycles. The Hall–Kier alpha value is -0.700. The molecule has 0 saturated carbocycles. The summed E-state index contributed by atoms with van der Waals surface area (Å²) in [5.41, 5.74) is 0.781. The third kappa shape index (κ3) is 3.22. The van der Waals surface area contributed by atoms with E-state index in [2.05, 4.69) is 15.0 Å². The van der Waals surface area contributed by atoms with Crippen molar-refractivity contribution in [1.29, 1.82) is 0 Å². The van der Waals surface area contributed by atoms with Gasteiger partial charge in [-0.1, -0.05) is 0 Å². The number of nitrogens with one attached hydrogen (secondary N) is 2. The van der Waals surface area contributed by atoms with E-state index in [0.717, 1.165) is 5.69 Å². The molecule has 0 saturated heterocycles. The first kappa shape index (κ1) is 11.4. The molecular formula is C6H12N4O2S2. The molecule has 1 unspecified atom stereocenters. The summed E-state index contributed by atoms with van der Waals surface area (Å²) in [6, 6.07) is 0.0854. The third-order valence-corrected chi connectivity index (χ3v) is 3.01. The zero-order valence-electron chi connectivity index (χ0n) is 7.81. The van der Waals surface area contributed by atoms with Crippen LogP contribution in [0.5, 0.6) is 0 Å². The van der Waals surface area contributed by atoms with Crippen molar-refractivity contribution in [3.05, 3.63) is 11.1 Å². The topological polar surface area (TPSA) is 97.1 Å². The van der Waals surface area contributed by atoms with Crippen molar-refractivity contribution in [3.63, 3.8) is 0 Å². The molecule has 1 aromatic heterocycles. The summed E-state index contributed by atoms with van der Waals surface area (Å²) in [5.74, 6) is 0. The summed E-state index contributed by atoms with van der Waals surface area (Å²) >= 11 is 1.20. The number of thiazole rings is 1. The van der Waals surface area contributed by atoms with Crippen molar-refractivity contribution in [3.8, 4) is 0 Å². The van der Waals surface area contributed by atoms with Crippen LogP contribution >= 0.6 is 11.3 Å². The maximum Gasteiger partial charge on any atom is 0.298 e. The number of nitrogens with two attached hydrogens (primary N) is 1. The summed E-state index contributed by atoms with van der Waals surface area (Å²) in [7, 11) is -1.92. The Morgan fingerprint density at radius 3 is 2.79 bits per heavy atom. The number of hydrogen-bond donors (Lipinski definition) is 3. The van der Waals surface area contributed by atoms with Gasteiger partial charge >= 0.3 is 0 Å². The fraction of sp³-hybridized carbons (Fsp3) is 0.500. The molecule has 1 rings (SSSR count). The first-order valence-corrected chi connectivity index (χ1v) is 6.28. The molecule has 0 bridgehead atoms. The Labute approximate surface area is 86.7 Å². The van der Waals surface area contributed by atoms with E-state index in [1.807, 2.05) is 6.92 Å². The smallest absolute Gasteiger partial charge is 0.298 e. The molecule has 0 spiro atoms. The van der Waals surface area contributed by atoms with Gasteiger partial charge in [0.2, 0.25) is 0 Å². The molecule has 0 radical (unpaired) electrons. The van der Waals surface area contributed by atoms with E-state index in [0.29, 0.717) is 0 Å². The van der Waals surface area contributed by atoms with E-state index in [9.17, 15) is 8.42 Å². The van der Waals surface area contributed by atoms with Crippen LogP contribution in [0.15, 0.2) is 5.38 Å². The van der Waals surface area contributed by atoms with Crippen molar-refractivity contribution in [2.24, 2.45) is 5.14 Å². The summed E-state index contributed by atoms with van der Waals surface area (Å²) < 4.78 is 23.4. The minimum atomic E-state index is -3.72. The van der Waals surface area contributed by atoms with Gasteiger partial charge in [-0.15, -0.1) is 11.3 Å². The molecule has 0 aliphatic heterocycles. The molecule has 1 heterocycles. The normalized spacial score (nSPS) is 13.9. The molecule has 80 valence electrons. The number of nitrogens with zero attached hydrogens (tertiary/aromatic N) is 1. The highest BCUT2D eigenvalue weighted by molar-refractivity contribution is 7.90. The van der Waals surface area contributed by atoms with Crippen LogP contribution in [0.25, 0.3) is 0 Å². The fourth-order valence-corrected chi connectivity index (χ4v) is 2.28. The van der Waals surface area contributed by atoms with Crippen molar-refractivity contribution >= 4 is 26.7 Å². The van der Waals surface area contributed by atoms with Crippen LogP contribution in [0.1, 0.15) is 18.7 Å². The van der Waals surface area contributed by atoms with Gasteiger partial charge in [-0.2, -0.15) is 8.42 Å². The monoisotopic (exact) mass is 236 g/mol. The van der Waals surface area contributed by atoms with Gasteiger partial charge in [0.25, 0.3) is 10.2 Å². The molecule has 0 aliphatic rings. The number of anilines is 1. The van der Waals surface area contributed by atoms with Gasteiger partial charge < -0.3 is 5.32 Å². The lowest BCUT2D eigenvalue weighted by Crippen LogP contribution is -2.21. The van der Waals surface area contributed by atoms with Crippen molar-refractivity contribution in [1.82, 2.24) is 10.3 Å². The second-order valence-electron chi connectivity index (χ2n) is 2.73. The average molecular weight is 236 g/mol. The predicted octanol–water partition coefficient (Wildman–Crippen LogP) is 0.0389. The van der Waals surface area contributed by atoms with E-state index in [-0.39, 0.29) is 11.2 Å². The van der Waals surface area contributed by atoms with Crippen LogP contribution in [0.2, 0.25) is 0 Å². The van der Waals surface area contributed by atoms with Crippen molar-refractivity contribution < 1.29 is 8.42 Å². The lowest BCUT2D eigenvalue weighted by molar-refractivity contribution is 0.602. The minimum absolute atomic E-state index is 0.0854. The Morgan fingerprint density at radius 2 is 2.29 bits per heavy atom. The zero-order valence-corrected chi connectivity index (χ0v) is 9.45. The van der Waals surface area contributed by atoms with Gasteiger partial charge in [-0.3, -0.25) is 0 Å². The van der Waals surface area contributed by atoms with Gasteiger partial charge in [-0.25, -0.2) is 14.8 Å². The maximum atomic E-state index is 10.7. The number of rotatable bonds is 4. The second kappa shape index (κ2) is 4.22. The molecule has 14 heavy (non-hydrogen) atoms. The molecule has 0 amide bonds. The fourth-order valence-electron chi connectivity index (χ4n) is 0.801. The van der Waals surface area contributed by atoms with Gasteiger partial charge in [0.15, 0.2) is 5.13 Å². The lowest BCUT2D eigenvalue weighted by Gasteiger charge is -2.04. The molecule has 1 atom stereocenters. The molecule has 6 nitrogen and oxygen atoms in total. The first-order chi connectivity index (χ1) is 6.42. The van der Waals surface area contributed by atoms with Gasteiger partial charge in [0.05, 0.1) is 5.69 Å². The standard InChI is InChI=1S/C6H12N4O2S2/c1-4(8-2)5-3-13-6(9-5)10-14(7,11)12/h3-4,8H,1-2H3,(H,9,10)(H2,7,11,12). The van der Waals surface area contributed by atoms with Crippen molar-refractivity contribution in [2.45, 2.75) is 13.0 Å². The van der Waals surface area contributed by atoms with Crippen LogP contribution in [-0.2, 0) is 10.2 Å². The van der Waals surface area contributed by atoms with Crippen LogP contribution in [0.3, 0.4) is 0 Å². The van der Waals surface area contributed by atoms with Gasteiger partial charge in [-0.05, 0) is 14.0 Å². The Bertz CT molecular complexity index is 400. The zero-order chi connectivity index (χ0) is 10.8. The molecule has 4 N–H and O–H groups in total. The molecule has 0 fully saturated rings. The molecule has 8 heteroatoms. The lowest BCUT2D eigenvalue weighted by atomic mass is 10.3. The van der Waals surface area contributed by atoms with Crippen LogP contribution in [0, 0.1) is 0 Å². The van der Waals surface area contributed by atoms with Crippen molar-refractivity contribution in [2.75, 3.05) is 11.8 Å². The maximum absolute atomic E-state index is 10.7. The van der Waals surface area contributed by atoms with Gasteiger partial charge in [0, 0.05) is 11.4 Å². The van der Waals surface area contributed by atoms with Crippen LogP contribution in [-0.4, -0.2) is 20.4 Å². The van der Waals surface area contributed by atoms with Gasteiger partial charge in [0.1, 0.15) is 0 Å². The van der Waals surface area contributed by atoms with E-state index < -0.39 is 10.2 Å². The highest BCUT2D eigenvalue weighted by Gasteiger charge is 2.10. The Balaban J connectivity index is 2.79. The van der Waals surface area contributed by atoms with E-state index >= 15 is 0 Å². The Kier molecular flexibility index (Phi) is 3.43.